The van der Waals surface area contributed by atoms with Gasteiger partial charge in [-0.2, -0.15) is 0 Å². The van der Waals surface area contributed by atoms with Crippen molar-refractivity contribution < 1.29 is 0 Å². The Kier molecular flexibility index (Phi) is 5.19. The van der Waals surface area contributed by atoms with Crippen molar-refractivity contribution in [2.24, 2.45) is 0 Å². The zero-order valence-corrected chi connectivity index (χ0v) is 16.8. The van der Waals surface area contributed by atoms with E-state index >= 15 is 0 Å². The fourth-order valence-electron chi connectivity index (χ4n) is 2.73. The van der Waals surface area contributed by atoms with E-state index in [0.29, 0.717) is 0 Å². The highest BCUT2D eigenvalue weighted by molar-refractivity contribution is 8.01. The van der Waals surface area contributed by atoms with Gasteiger partial charge in [0.2, 0.25) is 0 Å². The van der Waals surface area contributed by atoms with Gasteiger partial charge < -0.3 is 5.73 Å². The fraction of sp³-hybridized carbons (Fsp3) is 0.211. The van der Waals surface area contributed by atoms with Crippen LogP contribution in [0.2, 0.25) is 0 Å². The number of nitrogen functional groups attached to an aromatic ring is 1. The molecule has 132 valence electrons. The van der Waals surface area contributed by atoms with Crippen molar-refractivity contribution in [3.05, 3.63) is 42.2 Å². The summed E-state index contributed by atoms with van der Waals surface area (Å²) in [6.07, 6.45) is 7.84. The average Bonchev–Trinajstić information content (AvgIpc) is 3.31. The predicted molar refractivity (Wildman–Crippen MR) is 114 cm³/mol. The molecule has 0 amide bonds. The van der Waals surface area contributed by atoms with Crippen LogP contribution >= 0.6 is 34.4 Å². The Labute approximate surface area is 164 Å². The molecule has 0 aliphatic rings. The Balaban J connectivity index is 1.90. The van der Waals surface area contributed by atoms with Crippen molar-refractivity contribution in [2.75, 3.05) is 11.5 Å². The molecule has 4 aromatic rings. The van der Waals surface area contributed by atoms with Crippen LogP contribution in [0, 0.1) is 0 Å². The first-order valence-electron chi connectivity index (χ1n) is 8.44. The predicted octanol–water partition coefficient (Wildman–Crippen LogP) is 5.96. The van der Waals surface area contributed by atoms with Gasteiger partial charge in [-0.25, -0.2) is 9.97 Å². The highest BCUT2D eigenvalue weighted by Gasteiger charge is 2.18. The van der Waals surface area contributed by atoms with Crippen molar-refractivity contribution >= 4 is 50.3 Å². The molecule has 4 nitrogen and oxygen atoms in total. The van der Waals surface area contributed by atoms with E-state index in [4.69, 9.17) is 10.7 Å². The first-order valence-corrected chi connectivity index (χ1v) is 11.1. The van der Waals surface area contributed by atoms with E-state index in [0.717, 1.165) is 47.7 Å². The summed E-state index contributed by atoms with van der Waals surface area (Å²) in [6.45, 7) is 2.21. The third kappa shape index (κ3) is 3.34. The smallest absolute Gasteiger partial charge is 0.141 e. The zero-order chi connectivity index (χ0) is 17.9. The minimum absolute atomic E-state index is 0.836. The summed E-state index contributed by atoms with van der Waals surface area (Å²) < 4.78 is 1.15. The summed E-state index contributed by atoms with van der Waals surface area (Å²) in [7, 11) is 0. The van der Waals surface area contributed by atoms with Crippen LogP contribution < -0.4 is 5.73 Å². The quantitative estimate of drug-likeness (QED) is 0.321. The van der Waals surface area contributed by atoms with Gasteiger partial charge >= 0.3 is 0 Å². The van der Waals surface area contributed by atoms with Crippen LogP contribution in [0.3, 0.4) is 0 Å². The first-order chi connectivity index (χ1) is 12.8. The summed E-state index contributed by atoms with van der Waals surface area (Å²) in [5.41, 5.74) is 10.4. The first kappa shape index (κ1) is 17.5. The lowest BCUT2D eigenvalue weighted by Crippen LogP contribution is -1.91. The lowest BCUT2D eigenvalue weighted by Gasteiger charge is -2.07. The Morgan fingerprint density at radius 1 is 1.27 bits per heavy atom. The van der Waals surface area contributed by atoms with E-state index < -0.39 is 0 Å². The van der Waals surface area contributed by atoms with Crippen molar-refractivity contribution in [1.82, 2.24) is 15.0 Å². The number of thiophene rings is 1. The summed E-state index contributed by atoms with van der Waals surface area (Å²) in [5, 5.41) is 3.92. The summed E-state index contributed by atoms with van der Waals surface area (Å²) in [6, 6.07) is 6.10. The Morgan fingerprint density at radius 3 is 2.92 bits per heavy atom. The van der Waals surface area contributed by atoms with Gasteiger partial charge in [0.1, 0.15) is 15.5 Å². The third-order valence-corrected chi connectivity index (χ3v) is 7.29. The lowest BCUT2D eigenvalue weighted by atomic mass is 10.0. The second kappa shape index (κ2) is 7.73. The topological polar surface area (TPSA) is 64.7 Å². The maximum Gasteiger partial charge on any atom is 0.141 e. The maximum atomic E-state index is 6.54. The fourth-order valence-corrected chi connectivity index (χ4v) is 5.78. The van der Waals surface area contributed by atoms with Gasteiger partial charge in [-0.3, -0.25) is 4.98 Å². The Hall–Kier alpha value is -1.96. The molecule has 0 radical (unpaired) electrons. The van der Waals surface area contributed by atoms with Gasteiger partial charge in [-0.15, -0.1) is 34.4 Å². The molecule has 0 atom stereocenters. The molecule has 26 heavy (non-hydrogen) atoms. The van der Waals surface area contributed by atoms with E-state index in [1.807, 2.05) is 35.6 Å². The molecule has 7 heteroatoms. The summed E-state index contributed by atoms with van der Waals surface area (Å²) in [5.74, 6) is 1.08. The normalized spacial score (nSPS) is 11.3. The number of nitrogens with zero attached hydrogens (tertiary/aromatic N) is 3. The van der Waals surface area contributed by atoms with Crippen molar-refractivity contribution in [3.63, 3.8) is 0 Å². The highest BCUT2D eigenvalue weighted by atomic mass is 32.2. The Bertz CT molecular complexity index is 1010. The van der Waals surface area contributed by atoms with Crippen LogP contribution in [0.15, 0.2) is 46.4 Å². The molecule has 0 aliphatic heterocycles. The molecule has 0 saturated heterocycles. The molecule has 4 rings (SSSR count). The van der Waals surface area contributed by atoms with Crippen LogP contribution in [0.1, 0.15) is 19.8 Å². The van der Waals surface area contributed by atoms with E-state index in [1.165, 1.54) is 12.8 Å². The number of rotatable bonds is 6. The highest BCUT2D eigenvalue weighted by Crippen LogP contribution is 2.45. The van der Waals surface area contributed by atoms with Crippen LogP contribution in [-0.2, 0) is 0 Å². The number of hydrogen-bond donors (Lipinski definition) is 1. The van der Waals surface area contributed by atoms with Crippen LogP contribution in [0.4, 0.5) is 5.69 Å². The number of fused-ring (bicyclic) bond motifs is 1. The van der Waals surface area contributed by atoms with Crippen molar-refractivity contribution in [1.29, 1.82) is 0 Å². The summed E-state index contributed by atoms with van der Waals surface area (Å²) >= 11 is 5.10. The minimum atomic E-state index is 0.836. The molecule has 4 heterocycles. The molecule has 0 fully saturated rings. The van der Waals surface area contributed by atoms with Gasteiger partial charge in [-0.1, -0.05) is 19.4 Å². The molecule has 4 aromatic heterocycles. The second-order valence-electron chi connectivity index (χ2n) is 5.82. The molecule has 0 unspecified atom stereocenters. The van der Waals surface area contributed by atoms with E-state index in [1.54, 1.807) is 28.9 Å². The standard InChI is InChI=1S/C19H18N4S3/c1-2-3-8-25-19-16(20)15-13(12-5-4-6-21-11-12)10-14(23-18(15)26-19)17-22-7-9-24-17/h4-7,9-11H,2-3,8,20H2,1H3. The zero-order valence-electron chi connectivity index (χ0n) is 14.3. The average molecular weight is 399 g/mol. The SMILES string of the molecule is CCCCSc1sc2nc(-c3nccs3)cc(-c3cccnc3)c2c1N. The number of nitrogens with two attached hydrogens (primary N) is 1. The number of thioether (sulfide) groups is 1. The van der Waals surface area contributed by atoms with Crippen molar-refractivity contribution in [2.45, 2.75) is 24.0 Å². The van der Waals surface area contributed by atoms with Gasteiger partial charge in [0.25, 0.3) is 0 Å². The molecule has 2 N–H and O–H groups in total. The summed E-state index contributed by atoms with van der Waals surface area (Å²) in [4.78, 5) is 14.5. The molecule has 0 spiro atoms. The van der Waals surface area contributed by atoms with Crippen molar-refractivity contribution in [3.8, 4) is 21.8 Å². The molecule has 0 bridgehead atoms. The third-order valence-electron chi connectivity index (χ3n) is 4.02. The molecular formula is C19H18N4S3. The monoisotopic (exact) mass is 398 g/mol. The maximum absolute atomic E-state index is 6.54. The van der Waals surface area contributed by atoms with Crippen LogP contribution in [0.5, 0.6) is 0 Å². The van der Waals surface area contributed by atoms with Gasteiger partial charge in [0.15, 0.2) is 0 Å². The van der Waals surface area contributed by atoms with E-state index in [-0.39, 0.29) is 0 Å². The minimum Gasteiger partial charge on any atom is -0.397 e. The number of aromatic nitrogens is 3. The van der Waals surface area contributed by atoms with Gasteiger partial charge in [-0.05, 0) is 29.9 Å². The molecule has 0 aromatic carbocycles. The van der Waals surface area contributed by atoms with Crippen LogP contribution in [-0.4, -0.2) is 20.7 Å². The number of thiazole rings is 1. The molecular weight excluding hydrogens is 380 g/mol. The van der Waals surface area contributed by atoms with E-state index in [9.17, 15) is 0 Å². The number of pyridine rings is 2. The number of hydrogen-bond acceptors (Lipinski definition) is 7. The second-order valence-corrected chi connectivity index (χ2v) is 9.08. The van der Waals surface area contributed by atoms with E-state index in [2.05, 4.69) is 29.0 Å². The largest absolute Gasteiger partial charge is 0.397 e. The number of unbranched alkanes of at least 4 members (excludes halogenated alkanes) is 1. The Morgan fingerprint density at radius 2 is 2.19 bits per heavy atom. The van der Waals surface area contributed by atoms with Gasteiger partial charge in [0.05, 0.1) is 9.90 Å². The molecule has 0 aliphatic carbocycles. The van der Waals surface area contributed by atoms with Crippen LogP contribution in [0.25, 0.3) is 32.0 Å². The number of anilines is 1. The van der Waals surface area contributed by atoms with Gasteiger partial charge in [0, 0.05) is 34.9 Å². The lowest BCUT2D eigenvalue weighted by molar-refractivity contribution is 0.897. The molecule has 0 saturated carbocycles.